The Hall–Kier alpha value is -2.15. The van der Waals surface area contributed by atoms with Gasteiger partial charge in [-0.15, -0.1) is 11.3 Å². The highest BCUT2D eigenvalue weighted by atomic mass is 32.1. The van der Waals surface area contributed by atoms with Crippen molar-refractivity contribution in [3.8, 4) is 0 Å². The van der Waals surface area contributed by atoms with Gasteiger partial charge in [0.1, 0.15) is 10.6 Å². The molecule has 0 aromatic carbocycles. The summed E-state index contributed by atoms with van der Waals surface area (Å²) in [6, 6.07) is 3.02. The minimum Gasteiger partial charge on any atom is -0.477 e. The number of carbonyl (C=O) groups is 2. The Labute approximate surface area is 125 Å². The zero-order valence-corrected chi connectivity index (χ0v) is 12.7. The van der Waals surface area contributed by atoms with Crippen molar-refractivity contribution in [2.24, 2.45) is 0 Å². The van der Waals surface area contributed by atoms with Gasteiger partial charge in [0.15, 0.2) is 0 Å². The summed E-state index contributed by atoms with van der Waals surface area (Å²) in [5.74, 6) is -1.68. The Morgan fingerprint density at radius 3 is 2.43 bits per heavy atom. The van der Waals surface area contributed by atoms with Crippen LogP contribution in [-0.4, -0.2) is 27.1 Å². The van der Waals surface area contributed by atoms with Crippen LogP contribution in [0.2, 0.25) is 0 Å². The van der Waals surface area contributed by atoms with E-state index in [2.05, 4.69) is 4.98 Å². The molecule has 0 bridgehead atoms. The molecule has 0 amide bonds. The number of rotatable bonds is 5. The maximum atomic E-state index is 11.1. The number of aromatic carboxylic acids is 2. The first kappa shape index (κ1) is 15.2. The number of carboxylic acid groups (broad SMARTS) is 2. The third kappa shape index (κ3) is 3.13. The molecule has 7 heteroatoms. The number of carboxylic acids is 2. The number of thiazole rings is 1. The molecule has 2 aromatic rings. The van der Waals surface area contributed by atoms with Crippen molar-refractivity contribution >= 4 is 23.3 Å². The summed E-state index contributed by atoms with van der Waals surface area (Å²) in [7, 11) is 0. The molecule has 0 aliphatic rings. The second-order valence-corrected chi connectivity index (χ2v) is 6.37. The minimum absolute atomic E-state index is 0.109. The molecule has 2 N–H and O–H groups in total. The molecule has 2 heterocycles. The number of aryl methyl sites for hydroxylation is 1. The molecule has 0 unspecified atom stereocenters. The Balaban J connectivity index is 2.26. The molecular formula is C14H15NO5S. The standard InChI is InChI=1S/C14H15NO5S/c1-7-10(12(18)19)21-13(15-7)14(2,3)6-8-4-5-9(20-8)11(16)17/h4-5H,6H2,1-3H3,(H,16,17)(H,18,19). The minimum atomic E-state index is -1.11. The van der Waals surface area contributed by atoms with Crippen molar-refractivity contribution in [2.75, 3.05) is 0 Å². The first-order chi connectivity index (χ1) is 9.70. The van der Waals surface area contributed by atoms with Gasteiger partial charge < -0.3 is 14.6 Å². The van der Waals surface area contributed by atoms with Gasteiger partial charge in [0.25, 0.3) is 0 Å². The van der Waals surface area contributed by atoms with Crippen molar-refractivity contribution in [3.63, 3.8) is 0 Å². The highest BCUT2D eigenvalue weighted by Crippen LogP contribution is 2.33. The average Bonchev–Trinajstić information content (AvgIpc) is 2.95. The maximum Gasteiger partial charge on any atom is 0.371 e. The van der Waals surface area contributed by atoms with Gasteiger partial charge in [0, 0.05) is 11.8 Å². The molecule has 0 atom stereocenters. The number of furan rings is 1. The zero-order chi connectivity index (χ0) is 15.8. The quantitative estimate of drug-likeness (QED) is 0.880. The van der Waals surface area contributed by atoms with E-state index in [1.54, 1.807) is 13.0 Å². The van der Waals surface area contributed by atoms with Gasteiger partial charge in [0.05, 0.1) is 10.7 Å². The largest absolute Gasteiger partial charge is 0.477 e. The second kappa shape index (κ2) is 5.33. The molecule has 21 heavy (non-hydrogen) atoms. The van der Waals surface area contributed by atoms with Gasteiger partial charge >= 0.3 is 11.9 Å². The van der Waals surface area contributed by atoms with Crippen LogP contribution in [0, 0.1) is 6.92 Å². The monoisotopic (exact) mass is 309 g/mol. The lowest BCUT2D eigenvalue weighted by Crippen LogP contribution is -2.20. The Kier molecular flexibility index (Phi) is 3.87. The topological polar surface area (TPSA) is 101 Å². The summed E-state index contributed by atoms with van der Waals surface area (Å²) in [5, 5.41) is 18.6. The van der Waals surface area contributed by atoms with Crippen molar-refractivity contribution in [1.82, 2.24) is 4.98 Å². The fraction of sp³-hybridized carbons (Fsp3) is 0.357. The van der Waals surface area contributed by atoms with Gasteiger partial charge in [-0.25, -0.2) is 14.6 Å². The van der Waals surface area contributed by atoms with Crippen LogP contribution in [-0.2, 0) is 11.8 Å². The van der Waals surface area contributed by atoms with Gasteiger partial charge in [-0.3, -0.25) is 0 Å². The molecule has 0 saturated heterocycles. The number of hydrogen-bond acceptors (Lipinski definition) is 5. The Morgan fingerprint density at radius 1 is 1.29 bits per heavy atom. The van der Waals surface area contributed by atoms with E-state index < -0.39 is 17.4 Å². The highest BCUT2D eigenvalue weighted by molar-refractivity contribution is 7.13. The molecule has 0 fully saturated rings. The van der Waals surface area contributed by atoms with E-state index in [0.29, 0.717) is 22.9 Å². The predicted molar refractivity (Wildman–Crippen MR) is 76.2 cm³/mol. The molecule has 0 spiro atoms. The summed E-state index contributed by atoms with van der Waals surface area (Å²) >= 11 is 1.14. The number of nitrogens with zero attached hydrogens (tertiary/aromatic N) is 1. The van der Waals surface area contributed by atoms with E-state index in [9.17, 15) is 9.59 Å². The van der Waals surface area contributed by atoms with Crippen LogP contribution >= 0.6 is 11.3 Å². The van der Waals surface area contributed by atoms with Crippen LogP contribution in [0.1, 0.15) is 50.5 Å². The predicted octanol–water partition coefficient (Wildman–Crippen LogP) is 2.96. The van der Waals surface area contributed by atoms with Gasteiger partial charge in [-0.1, -0.05) is 13.8 Å². The maximum absolute atomic E-state index is 11.1. The molecule has 6 nitrogen and oxygen atoms in total. The smallest absolute Gasteiger partial charge is 0.371 e. The van der Waals surface area contributed by atoms with Crippen LogP contribution < -0.4 is 0 Å². The molecule has 0 aliphatic heterocycles. The third-order valence-corrected chi connectivity index (χ3v) is 4.57. The lowest BCUT2D eigenvalue weighted by atomic mass is 9.89. The average molecular weight is 309 g/mol. The first-order valence-corrected chi connectivity index (χ1v) is 7.05. The van der Waals surface area contributed by atoms with E-state index in [0.717, 1.165) is 11.3 Å². The summed E-state index contributed by atoms with van der Waals surface area (Å²) in [6.07, 6.45) is 0.437. The van der Waals surface area contributed by atoms with Crippen molar-refractivity contribution in [1.29, 1.82) is 0 Å². The van der Waals surface area contributed by atoms with Gasteiger partial charge in [0.2, 0.25) is 5.76 Å². The van der Waals surface area contributed by atoms with E-state index in [1.165, 1.54) is 6.07 Å². The third-order valence-electron chi connectivity index (χ3n) is 3.06. The Morgan fingerprint density at radius 2 is 1.95 bits per heavy atom. The molecule has 112 valence electrons. The fourth-order valence-electron chi connectivity index (χ4n) is 1.98. The Bertz CT molecular complexity index is 698. The van der Waals surface area contributed by atoms with Crippen LogP contribution in [0.3, 0.4) is 0 Å². The van der Waals surface area contributed by atoms with Crippen LogP contribution in [0.4, 0.5) is 0 Å². The molecule has 2 aromatic heterocycles. The number of hydrogen-bond donors (Lipinski definition) is 2. The normalized spacial score (nSPS) is 11.6. The van der Waals surface area contributed by atoms with Gasteiger partial charge in [-0.2, -0.15) is 0 Å². The molecule has 2 rings (SSSR count). The summed E-state index contributed by atoms with van der Waals surface area (Å²) in [5.41, 5.74) is 0.0396. The molecule has 0 radical (unpaired) electrons. The lowest BCUT2D eigenvalue weighted by molar-refractivity contribution is 0.0657. The zero-order valence-electron chi connectivity index (χ0n) is 11.8. The molecule has 0 saturated carbocycles. The summed E-state index contributed by atoms with van der Waals surface area (Å²) < 4.78 is 5.25. The van der Waals surface area contributed by atoms with Crippen LogP contribution in [0.25, 0.3) is 0 Å². The molecular weight excluding hydrogens is 294 g/mol. The fourth-order valence-corrected chi connectivity index (χ4v) is 2.99. The number of aromatic nitrogens is 1. The summed E-state index contributed by atoms with van der Waals surface area (Å²) in [4.78, 5) is 26.4. The van der Waals surface area contributed by atoms with Crippen molar-refractivity contribution in [2.45, 2.75) is 32.6 Å². The van der Waals surface area contributed by atoms with Crippen LogP contribution in [0.5, 0.6) is 0 Å². The van der Waals surface area contributed by atoms with Crippen LogP contribution in [0.15, 0.2) is 16.5 Å². The second-order valence-electron chi connectivity index (χ2n) is 5.37. The van der Waals surface area contributed by atoms with E-state index in [-0.39, 0.29) is 10.6 Å². The first-order valence-electron chi connectivity index (χ1n) is 6.24. The van der Waals surface area contributed by atoms with E-state index in [1.807, 2.05) is 13.8 Å². The molecule has 0 aliphatic carbocycles. The van der Waals surface area contributed by atoms with Crippen molar-refractivity contribution in [3.05, 3.63) is 39.2 Å². The summed E-state index contributed by atoms with van der Waals surface area (Å²) in [6.45, 7) is 5.49. The van der Waals surface area contributed by atoms with E-state index >= 15 is 0 Å². The SMILES string of the molecule is Cc1nc(C(C)(C)Cc2ccc(C(=O)O)o2)sc1C(=O)O. The van der Waals surface area contributed by atoms with Gasteiger partial charge in [-0.05, 0) is 19.1 Å². The van der Waals surface area contributed by atoms with E-state index in [4.69, 9.17) is 14.6 Å². The lowest BCUT2D eigenvalue weighted by Gasteiger charge is -2.20. The van der Waals surface area contributed by atoms with Crippen molar-refractivity contribution < 1.29 is 24.2 Å². The highest BCUT2D eigenvalue weighted by Gasteiger charge is 2.29.